The summed E-state index contributed by atoms with van der Waals surface area (Å²) in [6.45, 7) is 6.24. The number of azo groups is 1. The average molecular weight is 403 g/mol. The molecule has 1 aromatic carbocycles. The Labute approximate surface area is 176 Å². The number of fused-ring (bicyclic) bond motifs is 1. The van der Waals surface area contributed by atoms with E-state index in [0.29, 0.717) is 0 Å². The molecule has 2 aromatic rings. The predicted molar refractivity (Wildman–Crippen MR) is 114 cm³/mol. The molecule has 0 saturated carbocycles. The van der Waals surface area contributed by atoms with Crippen LogP contribution < -0.4 is 10.6 Å². The Balaban J connectivity index is 1.75. The molecular formula is C23H26N6O. The predicted octanol–water partition coefficient (Wildman–Crippen LogP) is 3.57. The molecule has 2 unspecified atom stereocenters. The second kappa shape index (κ2) is 6.39. The minimum absolute atomic E-state index is 0.0206. The molecule has 3 aliphatic heterocycles. The van der Waals surface area contributed by atoms with Crippen LogP contribution >= 0.6 is 0 Å². The maximum Gasteiger partial charge on any atom is 0.250 e. The Kier molecular flexibility index (Phi) is 4.00. The molecule has 0 bridgehead atoms. The van der Waals surface area contributed by atoms with Crippen LogP contribution in [-0.4, -0.2) is 27.2 Å². The molecule has 0 fully saturated rings. The summed E-state index contributed by atoms with van der Waals surface area (Å²) in [6.07, 6.45) is 6.73. The minimum atomic E-state index is -0.579. The number of nitrogens with one attached hydrogen (secondary N) is 2. The van der Waals surface area contributed by atoms with Gasteiger partial charge < -0.3 is 15.2 Å². The quantitative estimate of drug-likeness (QED) is 0.823. The molecule has 0 spiro atoms. The first-order valence-electron chi connectivity index (χ1n) is 10.4. The van der Waals surface area contributed by atoms with Crippen LogP contribution in [0.5, 0.6) is 0 Å². The number of imidazole rings is 1. The zero-order valence-corrected chi connectivity index (χ0v) is 17.7. The summed E-state index contributed by atoms with van der Waals surface area (Å²) in [6, 6.07) is 8.43. The molecule has 0 saturated heterocycles. The number of hydrogen-bond acceptors (Lipinski definition) is 5. The number of hydrogen-bond donors (Lipinski definition) is 2. The Morgan fingerprint density at radius 1 is 1.30 bits per heavy atom. The van der Waals surface area contributed by atoms with Gasteiger partial charge in [-0.3, -0.25) is 4.79 Å². The number of rotatable bonds is 3. The standard InChI is InChI=1S/C23H26N6O/c1-5-23(15-8-6-7-14(9-15)18-12-24-13-29(18)4)16-11-25-28-20(16)26-17-10-22(2,3)27-21(30)19(17)23/h6-9,11-13,20,26H,5,10H2,1-4H3,(H,27,30). The Morgan fingerprint density at radius 2 is 2.13 bits per heavy atom. The zero-order chi connectivity index (χ0) is 21.1. The number of benzene rings is 1. The van der Waals surface area contributed by atoms with E-state index in [-0.39, 0.29) is 17.6 Å². The van der Waals surface area contributed by atoms with E-state index in [4.69, 9.17) is 0 Å². The van der Waals surface area contributed by atoms with Gasteiger partial charge in [-0.15, -0.1) is 0 Å². The number of amides is 1. The van der Waals surface area contributed by atoms with Crippen LogP contribution in [-0.2, 0) is 17.3 Å². The van der Waals surface area contributed by atoms with E-state index in [1.807, 2.05) is 24.0 Å². The van der Waals surface area contributed by atoms with Crippen LogP contribution in [0.4, 0.5) is 0 Å². The van der Waals surface area contributed by atoms with Crippen molar-refractivity contribution in [2.24, 2.45) is 17.3 Å². The molecule has 4 heterocycles. The van der Waals surface area contributed by atoms with Crippen molar-refractivity contribution >= 4 is 5.91 Å². The van der Waals surface area contributed by atoms with E-state index < -0.39 is 5.41 Å². The first-order valence-corrected chi connectivity index (χ1v) is 10.4. The van der Waals surface area contributed by atoms with Crippen molar-refractivity contribution < 1.29 is 4.79 Å². The highest BCUT2D eigenvalue weighted by molar-refractivity contribution is 6.00. The molecule has 0 aliphatic carbocycles. The number of aromatic nitrogens is 2. The molecule has 1 aromatic heterocycles. The van der Waals surface area contributed by atoms with Crippen LogP contribution in [0.1, 0.15) is 39.2 Å². The largest absolute Gasteiger partial charge is 0.362 e. The van der Waals surface area contributed by atoms with E-state index in [9.17, 15) is 4.79 Å². The van der Waals surface area contributed by atoms with Gasteiger partial charge in [-0.25, -0.2) is 4.98 Å². The fraction of sp³-hybridized carbons (Fsp3) is 0.391. The van der Waals surface area contributed by atoms with Crippen molar-refractivity contribution in [2.45, 2.75) is 50.7 Å². The van der Waals surface area contributed by atoms with Crippen LogP contribution in [0, 0.1) is 0 Å². The van der Waals surface area contributed by atoms with Crippen molar-refractivity contribution in [1.29, 1.82) is 0 Å². The van der Waals surface area contributed by atoms with Gasteiger partial charge >= 0.3 is 0 Å². The third-order valence-corrected chi connectivity index (χ3v) is 6.50. The molecule has 0 radical (unpaired) electrons. The summed E-state index contributed by atoms with van der Waals surface area (Å²) in [4.78, 5) is 17.7. The van der Waals surface area contributed by atoms with Gasteiger partial charge in [-0.05, 0) is 31.9 Å². The second-order valence-electron chi connectivity index (χ2n) is 8.96. The maximum atomic E-state index is 13.4. The van der Waals surface area contributed by atoms with Gasteiger partial charge in [-0.2, -0.15) is 10.2 Å². The molecule has 1 amide bonds. The van der Waals surface area contributed by atoms with Gasteiger partial charge in [0, 0.05) is 35.8 Å². The molecule has 154 valence electrons. The third kappa shape index (κ3) is 2.57. The lowest BCUT2D eigenvalue weighted by atomic mass is 9.62. The van der Waals surface area contributed by atoms with E-state index >= 15 is 0 Å². The van der Waals surface area contributed by atoms with E-state index in [0.717, 1.165) is 46.5 Å². The summed E-state index contributed by atoms with van der Waals surface area (Å²) >= 11 is 0. The maximum absolute atomic E-state index is 13.4. The van der Waals surface area contributed by atoms with E-state index in [2.05, 4.69) is 70.9 Å². The van der Waals surface area contributed by atoms with Gasteiger partial charge in [0.2, 0.25) is 0 Å². The smallest absolute Gasteiger partial charge is 0.250 e. The van der Waals surface area contributed by atoms with E-state index in [1.54, 1.807) is 6.33 Å². The highest BCUT2D eigenvalue weighted by Gasteiger charge is 2.53. The van der Waals surface area contributed by atoms with Gasteiger partial charge in [-0.1, -0.05) is 25.1 Å². The molecule has 7 heteroatoms. The molecular weight excluding hydrogens is 376 g/mol. The number of carbonyl (C=O) groups excluding carboxylic acids is 1. The van der Waals surface area contributed by atoms with Crippen molar-refractivity contribution in [3.63, 3.8) is 0 Å². The van der Waals surface area contributed by atoms with Gasteiger partial charge in [0.05, 0.1) is 35.4 Å². The van der Waals surface area contributed by atoms with Gasteiger partial charge in [0.25, 0.3) is 5.91 Å². The topological polar surface area (TPSA) is 83.7 Å². The van der Waals surface area contributed by atoms with Gasteiger partial charge in [0.15, 0.2) is 6.17 Å². The fourth-order valence-electron chi connectivity index (χ4n) is 5.19. The highest BCUT2D eigenvalue weighted by atomic mass is 16.2. The summed E-state index contributed by atoms with van der Waals surface area (Å²) in [7, 11) is 1.99. The number of aryl methyl sites for hydroxylation is 1. The summed E-state index contributed by atoms with van der Waals surface area (Å²) in [5.41, 5.74) is 5.09. The van der Waals surface area contributed by atoms with Crippen molar-refractivity contribution in [1.82, 2.24) is 20.2 Å². The van der Waals surface area contributed by atoms with Crippen molar-refractivity contribution in [3.8, 4) is 11.3 Å². The summed E-state index contributed by atoms with van der Waals surface area (Å²) in [5.74, 6) is -0.0206. The SMILES string of the molecule is CCC1(c2cccc(-c3cncn3C)c2)C2=CN=NC2NC2=C1C(=O)NC(C)(C)C2. The monoisotopic (exact) mass is 402 g/mol. The number of nitrogens with zero attached hydrogens (tertiary/aromatic N) is 4. The van der Waals surface area contributed by atoms with Crippen LogP contribution in [0.3, 0.4) is 0 Å². The van der Waals surface area contributed by atoms with Crippen LogP contribution in [0.15, 0.2) is 70.1 Å². The molecule has 3 aliphatic rings. The van der Waals surface area contributed by atoms with Crippen LogP contribution in [0.25, 0.3) is 11.3 Å². The van der Waals surface area contributed by atoms with Crippen LogP contribution in [0.2, 0.25) is 0 Å². The highest BCUT2D eigenvalue weighted by Crippen LogP contribution is 2.51. The second-order valence-corrected chi connectivity index (χ2v) is 8.96. The van der Waals surface area contributed by atoms with Crippen molar-refractivity contribution in [3.05, 3.63) is 65.4 Å². The fourth-order valence-corrected chi connectivity index (χ4v) is 5.19. The lowest BCUT2D eigenvalue weighted by molar-refractivity contribution is -0.120. The lowest BCUT2D eigenvalue weighted by Gasteiger charge is -2.48. The Hall–Kier alpha value is -3.22. The molecule has 5 rings (SSSR count). The normalized spacial score (nSPS) is 26.6. The first kappa shape index (κ1) is 18.8. The first-order chi connectivity index (χ1) is 14.4. The average Bonchev–Trinajstić information content (AvgIpc) is 3.34. The molecule has 7 nitrogen and oxygen atoms in total. The lowest BCUT2D eigenvalue weighted by Crippen LogP contribution is -2.58. The Bertz CT molecular complexity index is 1140. The molecule has 30 heavy (non-hydrogen) atoms. The minimum Gasteiger partial charge on any atom is -0.362 e. The Morgan fingerprint density at radius 3 is 2.87 bits per heavy atom. The molecule has 2 atom stereocenters. The summed E-state index contributed by atoms with van der Waals surface area (Å²) < 4.78 is 2.00. The van der Waals surface area contributed by atoms with E-state index in [1.165, 1.54) is 0 Å². The third-order valence-electron chi connectivity index (χ3n) is 6.50. The summed E-state index contributed by atoms with van der Waals surface area (Å²) in [5, 5.41) is 15.3. The molecule has 2 N–H and O–H groups in total. The van der Waals surface area contributed by atoms with Gasteiger partial charge in [0.1, 0.15) is 0 Å². The zero-order valence-electron chi connectivity index (χ0n) is 17.7. The number of carbonyl (C=O) groups is 1. The van der Waals surface area contributed by atoms with Crippen molar-refractivity contribution in [2.75, 3.05) is 0 Å².